The normalized spacial score (nSPS) is 19.4. The van der Waals surface area contributed by atoms with E-state index in [-0.39, 0.29) is 36.5 Å². The summed E-state index contributed by atoms with van der Waals surface area (Å²) in [4.78, 5) is 35.5. The predicted octanol–water partition coefficient (Wildman–Crippen LogP) is 2.23. The van der Waals surface area contributed by atoms with Gasteiger partial charge in [0, 0.05) is 50.4 Å². The lowest BCUT2D eigenvalue weighted by Crippen LogP contribution is -2.49. The summed E-state index contributed by atoms with van der Waals surface area (Å²) in [6.45, 7) is 4.92. The summed E-state index contributed by atoms with van der Waals surface area (Å²) in [5, 5.41) is 9.77. The van der Waals surface area contributed by atoms with E-state index in [2.05, 4.69) is 16.8 Å². The summed E-state index contributed by atoms with van der Waals surface area (Å²) < 4.78 is 6.25. The van der Waals surface area contributed by atoms with Crippen molar-refractivity contribution in [3.63, 3.8) is 0 Å². The van der Waals surface area contributed by atoms with Crippen LogP contribution in [0.25, 0.3) is 11.1 Å². The highest BCUT2D eigenvalue weighted by atomic mass is 16.5. The zero-order valence-corrected chi connectivity index (χ0v) is 20.3. The van der Waals surface area contributed by atoms with Crippen molar-refractivity contribution in [2.24, 2.45) is 5.92 Å². The number of aromatic nitrogens is 1. The fourth-order valence-electron chi connectivity index (χ4n) is 3.90. The molecule has 2 aromatic rings. The van der Waals surface area contributed by atoms with Gasteiger partial charge in [0.05, 0.1) is 12.6 Å². The van der Waals surface area contributed by atoms with Crippen LogP contribution in [-0.4, -0.2) is 96.6 Å². The third-order valence-electron chi connectivity index (χ3n) is 5.94. The van der Waals surface area contributed by atoms with Crippen molar-refractivity contribution in [3.8, 4) is 17.0 Å². The number of pyridine rings is 1. The number of nitrogens with zero attached hydrogens (tertiary/aromatic N) is 4. The molecule has 8 heteroatoms. The van der Waals surface area contributed by atoms with Gasteiger partial charge in [0.1, 0.15) is 11.7 Å². The van der Waals surface area contributed by atoms with Gasteiger partial charge in [-0.1, -0.05) is 19.1 Å². The van der Waals surface area contributed by atoms with Crippen LogP contribution in [0, 0.1) is 5.92 Å². The van der Waals surface area contributed by atoms with E-state index in [0.29, 0.717) is 30.1 Å². The Morgan fingerprint density at radius 3 is 2.45 bits per heavy atom. The number of hydrogen-bond acceptors (Lipinski definition) is 6. The first kappa shape index (κ1) is 24.7. The van der Waals surface area contributed by atoms with Crippen molar-refractivity contribution < 1.29 is 19.4 Å². The Morgan fingerprint density at radius 1 is 1.21 bits per heavy atom. The zero-order chi connectivity index (χ0) is 24.3. The summed E-state index contributed by atoms with van der Waals surface area (Å²) in [7, 11) is 7.39. The van der Waals surface area contributed by atoms with Crippen molar-refractivity contribution in [2.45, 2.75) is 26.0 Å². The van der Waals surface area contributed by atoms with E-state index in [9.17, 15) is 14.7 Å². The van der Waals surface area contributed by atoms with Gasteiger partial charge >= 0.3 is 0 Å². The van der Waals surface area contributed by atoms with Crippen LogP contribution in [0.1, 0.15) is 34.6 Å². The Kier molecular flexibility index (Phi) is 7.71. The van der Waals surface area contributed by atoms with Crippen molar-refractivity contribution in [1.29, 1.82) is 0 Å². The van der Waals surface area contributed by atoms with Gasteiger partial charge in [-0.05, 0) is 44.8 Å². The van der Waals surface area contributed by atoms with Gasteiger partial charge in [0.2, 0.25) is 5.88 Å². The van der Waals surface area contributed by atoms with Crippen LogP contribution < -0.4 is 4.74 Å². The van der Waals surface area contributed by atoms with E-state index in [0.717, 1.165) is 11.1 Å². The van der Waals surface area contributed by atoms with Crippen LogP contribution in [0.2, 0.25) is 0 Å². The predicted molar refractivity (Wildman–Crippen MR) is 127 cm³/mol. The molecular weight excluding hydrogens is 420 g/mol. The lowest BCUT2D eigenvalue weighted by Gasteiger charge is -2.37. The summed E-state index contributed by atoms with van der Waals surface area (Å²) >= 11 is 0. The van der Waals surface area contributed by atoms with E-state index >= 15 is 0 Å². The average Bonchev–Trinajstić information content (AvgIpc) is 2.79. The Bertz CT molecular complexity index is 990. The molecule has 1 N–H and O–H groups in total. The van der Waals surface area contributed by atoms with Crippen LogP contribution >= 0.6 is 0 Å². The maximum Gasteiger partial charge on any atom is 0.259 e. The Balaban J connectivity index is 2.02. The minimum atomic E-state index is -0.328. The molecule has 1 aliphatic rings. The Morgan fingerprint density at radius 2 is 1.88 bits per heavy atom. The first-order valence-electron chi connectivity index (χ1n) is 11.2. The van der Waals surface area contributed by atoms with E-state index in [1.54, 1.807) is 43.4 Å². The molecule has 33 heavy (non-hydrogen) atoms. The first-order valence-corrected chi connectivity index (χ1v) is 11.2. The summed E-state index contributed by atoms with van der Waals surface area (Å²) in [6, 6.07) is 8.68. The Labute approximate surface area is 195 Å². The number of ether oxygens (including phenoxy) is 1. The summed E-state index contributed by atoms with van der Waals surface area (Å²) in [5.41, 5.74) is 2.56. The minimum absolute atomic E-state index is 0.0572. The third kappa shape index (κ3) is 5.51. The molecule has 0 aliphatic carbocycles. The number of likely N-dealkylation sites (N-methyl/N-ethyl adjacent to an activating group) is 1. The van der Waals surface area contributed by atoms with Crippen molar-refractivity contribution >= 4 is 11.8 Å². The van der Waals surface area contributed by atoms with Gasteiger partial charge in [-0.15, -0.1) is 0 Å². The second-order valence-electron chi connectivity index (χ2n) is 9.24. The number of carbonyl (C=O) groups is 2. The van der Waals surface area contributed by atoms with Crippen molar-refractivity contribution in [3.05, 3.63) is 47.7 Å². The molecule has 1 aliphatic heterocycles. The topological polar surface area (TPSA) is 86.2 Å². The maximum absolute atomic E-state index is 13.5. The highest BCUT2D eigenvalue weighted by molar-refractivity contribution is 5.98. The number of aliphatic hydroxyl groups excluding tert-OH is 1. The third-order valence-corrected chi connectivity index (χ3v) is 5.94. The molecule has 8 nitrogen and oxygen atoms in total. The number of aliphatic hydroxyl groups is 1. The number of benzene rings is 1. The quantitative estimate of drug-likeness (QED) is 0.721. The first-order chi connectivity index (χ1) is 15.6. The van der Waals surface area contributed by atoms with E-state index < -0.39 is 0 Å². The fraction of sp³-hybridized carbons (Fsp3) is 0.480. The molecule has 1 aromatic heterocycles. The van der Waals surface area contributed by atoms with Gasteiger partial charge < -0.3 is 24.5 Å². The second-order valence-corrected chi connectivity index (χ2v) is 9.24. The molecule has 0 bridgehead atoms. The lowest BCUT2D eigenvalue weighted by atomic mass is 9.99. The number of rotatable bonds is 6. The lowest BCUT2D eigenvalue weighted by molar-refractivity contribution is 0.0348. The molecule has 0 saturated heterocycles. The van der Waals surface area contributed by atoms with Gasteiger partial charge in [-0.25, -0.2) is 4.98 Å². The highest BCUT2D eigenvalue weighted by Gasteiger charge is 2.34. The molecule has 0 saturated carbocycles. The molecule has 3 rings (SSSR count). The van der Waals surface area contributed by atoms with Crippen LogP contribution in [0.4, 0.5) is 0 Å². The summed E-state index contributed by atoms with van der Waals surface area (Å²) in [6.07, 6.45) is 1.53. The molecule has 2 heterocycles. The number of fused-ring (bicyclic) bond motifs is 1. The SMILES string of the molecule is C[C@H]1CN([C@@H](C)CO)C(=O)c2cc(-c3ccc(C(=O)N(C)C)cc3)cnc2O[C@@H]1CN(C)C. The van der Waals surface area contributed by atoms with E-state index in [1.807, 2.05) is 33.2 Å². The van der Waals surface area contributed by atoms with Crippen LogP contribution in [0.3, 0.4) is 0 Å². The number of amides is 2. The Hall–Kier alpha value is -2.97. The number of hydrogen-bond donors (Lipinski definition) is 1. The average molecular weight is 455 g/mol. The van der Waals surface area contributed by atoms with Crippen LogP contribution in [0.15, 0.2) is 36.5 Å². The second kappa shape index (κ2) is 10.3. The monoisotopic (exact) mass is 454 g/mol. The maximum atomic E-state index is 13.5. The molecule has 0 fully saturated rings. The van der Waals surface area contributed by atoms with Crippen molar-refractivity contribution in [2.75, 3.05) is 47.9 Å². The van der Waals surface area contributed by atoms with E-state index in [1.165, 1.54) is 4.90 Å². The zero-order valence-electron chi connectivity index (χ0n) is 20.3. The van der Waals surface area contributed by atoms with Crippen molar-refractivity contribution in [1.82, 2.24) is 19.7 Å². The smallest absolute Gasteiger partial charge is 0.259 e. The molecular formula is C25H34N4O4. The van der Waals surface area contributed by atoms with Gasteiger partial charge in [-0.3, -0.25) is 9.59 Å². The molecule has 0 radical (unpaired) electrons. The van der Waals surface area contributed by atoms with Crippen LogP contribution in [-0.2, 0) is 0 Å². The van der Waals surface area contributed by atoms with E-state index in [4.69, 9.17) is 4.74 Å². The summed E-state index contributed by atoms with van der Waals surface area (Å²) in [5.74, 6) is 0.0741. The fourth-order valence-corrected chi connectivity index (χ4v) is 3.90. The van der Waals surface area contributed by atoms with Gasteiger partial charge in [0.15, 0.2) is 0 Å². The molecule has 2 amide bonds. The molecule has 1 aromatic carbocycles. The molecule has 178 valence electrons. The largest absolute Gasteiger partial charge is 0.472 e. The standard InChI is InChI=1S/C25H34N4O4/c1-16-13-29(17(2)15-30)25(32)21-11-20(12-26-23(21)33-22(16)14-27(3)4)18-7-9-19(10-8-18)24(31)28(5)6/h7-12,16-17,22,30H,13-15H2,1-6H3/t16-,17-,22+/m0/s1. The minimum Gasteiger partial charge on any atom is -0.472 e. The van der Waals surface area contributed by atoms with Gasteiger partial charge in [-0.2, -0.15) is 0 Å². The highest BCUT2D eigenvalue weighted by Crippen LogP contribution is 2.30. The number of carbonyl (C=O) groups excluding carboxylic acids is 2. The van der Waals surface area contributed by atoms with Gasteiger partial charge in [0.25, 0.3) is 11.8 Å². The van der Waals surface area contributed by atoms with Crippen LogP contribution in [0.5, 0.6) is 5.88 Å². The molecule has 0 spiro atoms. The molecule has 3 atom stereocenters. The molecule has 0 unspecified atom stereocenters.